The van der Waals surface area contributed by atoms with Gasteiger partial charge in [0.1, 0.15) is 6.54 Å². The zero-order chi connectivity index (χ0) is 19.8. The average Bonchev–Trinajstić information content (AvgIpc) is 3.14. The third-order valence-electron chi connectivity index (χ3n) is 4.36. The first kappa shape index (κ1) is 18.3. The number of rotatable bonds is 4. The lowest BCUT2D eigenvalue weighted by atomic mass is 10.1. The first-order valence-corrected chi connectivity index (χ1v) is 9.62. The third-order valence-corrected chi connectivity index (χ3v) is 5.70. The molecule has 2 aromatic carbocycles. The van der Waals surface area contributed by atoms with Gasteiger partial charge >= 0.3 is 0 Å². The van der Waals surface area contributed by atoms with Crippen molar-refractivity contribution < 1.29 is 14.4 Å². The van der Waals surface area contributed by atoms with Gasteiger partial charge in [0.05, 0.1) is 26.4 Å². The fourth-order valence-corrected chi connectivity index (χ4v) is 4.55. The zero-order valence-electron chi connectivity index (χ0n) is 14.6. The summed E-state index contributed by atoms with van der Waals surface area (Å²) in [6.07, 6.45) is 1.68. The molecule has 0 atom stereocenters. The number of carbonyl (C=O) groups is 3. The molecule has 1 aliphatic heterocycles. The quantitative estimate of drug-likeness (QED) is 0.488. The van der Waals surface area contributed by atoms with Gasteiger partial charge in [-0.1, -0.05) is 47.2 Å². The number of benzene rings is 2. The van der Waals surface area contributed by atoms with Crippen LogP contribution in [-0.4, -0.2) is 33.7 Å². The Kier molecular flexibility index (Phi) is 4.70. The van der Waals surface area contributed by atoms with Crippen LogP contribution in [0.2, 0.25) is 5.02 Å². The molecular formula is C20H14ClN3O3S. The van der Waals surface area contributed by atoms with Crippen LogP contribution in [0.15, 0.2) is 60.1 Å². The minimum Gasteiger partial charge on any atom is -0.311 e. The lowest BCUT2D eigenvalue weighted by Crippen LogP contribution is -2.35. The molecule has 3 aromatic rings. The van der Waals surface area contributed by atoms with E-state index in [9.17, 15) is 14.4 Å². The summed E-state index contributed by atoms with van der Waals surface area (Å²) in [6.45, 7) is 3.74. The van der Waals surface area contributed by atoms with Crippen molar-refractivity contribution in [2.45, 2.75) is 6.54 Å². The van der Waals surface area contributed by atoms with Gasteiger partial charge in [0.2, 0.25) is 0 Å². The summed E-state index contributed by atoms with van der Waals surface area (Å²) in [5.41, 5.74) is 1.37. The van der Waals surface area contributed by atoms with E-state index in [2.05, 4.69) is 11.6 Å². The molecule has 6 nitrogen and oxygen atoms in total. The molecule has 1 aromatic heterocycles. The van der Waals surface area contributed by atoms with Gasteiger partial charge in [-0.05, 0) is 24.3 Å². The van der Waals surface area contributed by atoms with E-state index in [-0.39, 0.29) is 0 Å². The van der Waals surface area contributed by atoms with Crippen LogP contribution in [0.3, 0.4) is 0 Å². The Bertz CT molecular complexity index is 1190. The molecule has 0 saturated heterocycles. The van der Waals surface area contributed by atoms with Crippen LogP contribution in [-0.2, 0) is 11.3 Å². The van der Waals surface area contributed by atoms with Crippen molar-refractivity contribution in [3.05, 3.63) is 76.1 Å². The highest BCUT2D eigenvalue weighted by molar-refractivity contribution is 7.16. The normalized spacial score (nSPS) is 14.0. The van der Waals surface area contributed by atoms with Crippen molar-refractivity contribution in [2.24, 2.45) is 4.99 Å². The first-order valence-electron chi connectivity index (χ1n) is 8.43. The molecule has 0 radical (unpaired) electrons. The van der Waals surface area contributed by atoms with Crippen LogP contribution in [0.1, 0.15) is 20.7 Å². The van der Waals surface area contributed by atoms with Gasteiger partial charge < -0.3 is 4.57 Å². The topological polar surface area (TPSA) is 71.7 Å². The van der Waals surface area contributed by atoms with Crippen LogP contribution >= 0.6 is 22.9 Å². The van der Waals surface area contributed by atoms with E-state index in [1.807, 2.05) is 12.1 Å². The van der Waals surface area contributed by atoms with Crippen LogP contribution in [0.5, 0.6) is 0 Å². The maximum Gasteiger partial charge on any atom is 0.268 e. The lowest BCUT2D eigenvalue weighted by molar-refractivity contribution is -0.118. The molecule has 3 amide bonds. The summed E-state index contributed by atoms with van der Waals surface area (Å²) < 4.78 is 2.66. The number of amides is 3. The van der Waals surface area contributed by atoms with Gasteiger partial charge in [-0.2, -0.15) is 4.99 Å². The third kappa shape index (κ3) is 2.98. The Balaban J connectivity index is 1.69. The average molecular weight is 412 g/mol. The van der Waals surface area contributed by atoms with Crippen LogP contribution in [0, 0.1) is 0 Å². The highest BCUT2D eigenvalue weighted by Crippen LogP contribution is 2.25. The lowest BCUT2D eigenvalue weighted by Gasteiger charge is -2.10. The predicted octanol–water partition coefficient (Wildman–Crippen LogP) is 3.27. The van der Waals surface area contributed by atoms with E-state index in [1.165, 1.54) is 11.3 Å². The Morgan fingerprint density at radius 1 is 1.11 bits per heavy atom. The number of hydrogen-bond donors (Lipinski definition) is 0. The number of nitrogens with zero attached hydrogens (tertiary/aromatic N) is 3. The highest BCUT2D eigenvalue weighted by atomic mass is 35.5. The summed E-state index contributed by atoms with van der Waals surface area (Å²) in [5, 5.41) is 0.546. The molecule has 0 bridgehead atoms. The number of thiazole rings is 1. The molecule has 140 valence electrons. The van der Waals surface area contributed by atoms with Crippen molar-refractivity contribution in [1.82, 2.24) is 9.47 Å². The van der Waals surface area contributed by atoms with Crippen molar-refractivity contribution in [2.75, 3.05) is 6.54 Å². The fraction of sp³-hybridized carbons (Fsp3) is 0.100. The molecule has 4 rings (SSSR count). The van der Waals surface area contributed by atoms with Gasteiger partial charge in [0, 0.05) is 6.54 Å². The van der Waals surface area contributed by atoms with Gasteiger partial charge in [0.15, 0.2) is 4.80 Å². The highest BCUT2D eigenvalue weighted by Gasteiger charge is 2.36. The maximum absolute atomic E-state index is 12.6. The zero-order valence-corrected chi connectivity index (χ0v) is 16.2. The monoisotopic (exact) mass is 411 g/mol. The number of fused-ring (bicyclic) bond motifs is 2. The summed E-state index contributed by atoms with van der Waals surface area (Å²) in [7, 11) is 0. The van der Waals surface area contributed by atoms with Crippen LogP contribution in [0.25, 0.3) is 10.2 Å². The molecule has 1 aliphatic rings. The smallest absolute Gasteiger partial charge is 0.268 e. The fourth-order valence-electron chi connectivity index (χ4n) is 3.13. The Labute approximate surface area is 169 Å². The Morgan fingerprint density at radius 2 is 1.79 bits per heavy atom. The largest absolute Gasteiger partial charge is 0.311 e. The predicted molar refractivity (Wildman–Crippen MR) is 107 cm³/mol. The summed E-state index contributed by atoms with van der Waals surface area (Å²) in [6, 6.07) is 12.0. The Morgan fingerprint density at radius 3 is 2.43 bits per heavy atom. The number of imide groups is 1. The molecular weight excluding hydrogens is 398 g/mol. The number of hydrogen-bond acceptors (Lipinski definition) is 4. The van der Waals surface area contributed by atoms with E-state index in [0.717, 1.165) is 15.1 Å². The van der Waals surface area contributed by atoms with E-state index in [0.29, 0.717) is 27.5 Å². The summed E-state index contributed by atoms with van der Waals surface area (Å²) in [5.74, 6) is -1.56. The van der Waals surface area contributed by atoms with E-state index in [1.54, 1.807) is 41.0 Å². The SMILES string of the molecule is C=CCn1c(=NC(=O)CN2C(=O)c3ccccc3C2=O)sc2cccc(Cl)c21. The molecule has 2 heterocycles. The molecule has 0 aliphatic carbocycles. The number of halogens is 1. The van der Waals surface area contributed by atoms with E-state index >= 15 is 0 Å². The first-order chi connectivity index (χ1) is 13.5. The van der Waals surface area contributed by atoms with E-state index in [4.69, 9.17) is 11.6 Å². The van der Waals surface area contributed by atoms with Crippen LogP contribution < -0.4 is 4.80 Å². The number of allylic oxidation sites excluding steroid dienone is 1. The molecule has 0 N–H and O–H groups in total. The van der Waals surface area contributed by atoms with E-state index < -0.39 is 24.3 Å². The standard InChI is InChI=1S/C20H14ClN3O3S/c1-2-10-23-17-14(21)8-5-9-15(17)28-20(23)22-16(25)11-24-18(26)12-6-3-4-7-13(12)19(24)27/h2-9H,1,10-11H2. The maximum atomic E-state index is 12.6. The molecule has 0 unspecified atom stereocenters. The van der Waals surface area contributed by atoms with Gasteiger partial charge in [-0.3, -0.25) is 19.3 Å². The van der Waals surface area contributed by atoms with Crippen molar-refractivity contribution in [3.8, 4) is 0 Å². The molecule has 28 heavy (non-hydrogen) atoms. The minimum atomic E-state index is -0.588. The van der Waals surface area contributed by atoms with Gasteiger partial charge in [-0.25, -0.2) is 0 Å². The van der Waals surface area contributed by atoms with Gasteiger partial charge in [0.25, 0.3) is 17.7 Å². The van der Waals surface area contributed by atoms with Crippen LogP contribution in [0.4, 0.5) is 0 Å². The van der Waals surface area contributed by atoms with Gasteiger partial charge in [-0.15, -0.1) is 6.58 Å². The second-order valence-corrected chi connectivity index (χ2v) is 7.53. The second kappa shape index (κ2) is 7.18. The minimum absolute atomic E-state index is 0.302. The molecule has 0 fully saturated rings. The second-order valence-electron chi connectivity index (χ2n) is 6.12. The summed E-state index contributed by atoms with van der Waals surface area (Å²) >= 11 is 7.61. The number of para-hydroxylation sites is 1. The van der Waals surface area contributed by atoms with Crippen molar-refractivity contribution >= 4 is 50.9 Å². The number of aromatic nitrogens is 1. The Hall–Kier alpha value is -3.03. The molecule has 8 heteroatoms. The van der Waals surface area contributed by atoms with Crippen molar-refractivity contribution in [1.29, 1.82) is 0 Å². The van der Waals surface area contributed by atoms with Crippen molar-refractivity contribution in [3.63, 3.8) is 0 Å². The molecule has 0 saturated carbocycles. The summed E-state index contributed by atoms with van der Waals surface area (Å²) in [4.78, 5) is 42.9. The number of carbonyl (C=O) groups excluding carboxylic acids is 3. The molecule has 0 spiro atoms.